The van der Waals surface area contributed by atoms with Crippen LogP contribution in [0.2, 0.25) is 0 Å². The van der Waals surface area contributed by atoms with Crippen molar-refractivity contribution in [3.8, 4) is 5.88 Å². The van der Waals surface area contributed by atoms with Gasteiger partial charge in [-0.05, 0) is 25.3 Å². The molecular weight excluding hydrogens is 202 g/mol. The van der Waals surface area contributed by atoms with Gasteiger partial charge in [-0.1, -0.05) is 26.2 Å². The molecule has 0 bridgehead atoms. The lowest BCUT2D eigenvalue weighted by Crippen LogP contribution is -2.18. The lowest BCUT2D eigenvalue weighted by atomic mass is 10.1. The second-order valence-corrected chi connectivity index (χ2v) is 4.11. The van der Waals surface area contributed by atoms with Gasteiger partial charge < -0.3 is 5.11 Å². The molecular formula is C13H21NO2. The van der Waals surface area contributed by atoms with Gasteiger partial charge in [0.25, 0.3) is 5.56 Å². The molecule has 16 heavy (non-hydrogen) atoms. The molecule has 0 saturated heterocycles. The van der Waals surface area contributed by atoms with Gasteiger partial charge in [0.2, 0.25) is 0 Å². The maximum atomic E-state index is 11.6. The summed E-state index contributed by atoms with van der Waals surface area (Å²) in [6, 6.07) is 3.34. The van der Waals surface area contributed by atoms with Crippen molar-refractivity contribution in [3.63, 3.8) is 0 Å². The SMILES string of the molecule is CCCCCCc1cc(O)n(CC)c(=O)c1. The Kier molecular flexibility index (Phi) is 5.09. The highest BCUT2D eigenvalue weighted by atomic mass is 16.3. The maximum absolute atomic E-state index is 11.6. The Labute approximate surface area is 96.7 Å². The molecule has 0 aromatic carbocycles. The van der Waals surface area contributed by atoms with Crippen LogP contribution in [0.25, 0.3) is 0 Å². The highest BCUT2D eigenvalue weighted by Gasteiger charge is 2.03. The minimum Gasteiger partial charge on any atom is -0.494 e. The summed E-state index contributed by atoms with van der Waals surface area (Å²) in [6.07, 6.45) is 5.60. The Bertz CT molecular complexity index is 382. The summed E-state index contributed by atoms with van der Waals surface area (Å²) in [7, 11) is 0. The molecule has 90 valence electrons. The fourth-order valence-electron chi connectivity index (χ4n) is 1.85. The molecule has 1 rings (SSSR count). The maximum Gasteiger partial charge on any atom is 0.253 e. The number of rotatable bonds is 6. The van der Waals surface area contributed by atoms with Crippen LogP contribution in [0, 0.1) is 0 Å². The smallest absolute Gasteiger partial charge is 0.253 e. The third kappa shape index (κ3) is 3.40. The van der Waals surface area contributed by atoms with Crippen molar-refractivity contribution in [3.05, 3.63) is 28.0 Å². The number of aromatic nitrogens is 1. The van der Waals surface area contributed by atoms with Crippen LogP contribution < -0.4 is 5.56 Å². The Morgan fingerprint density at radius 3 is 2.50 bits per heavy atom. The van der Waals surface area contributed by atoms with Crippen molar-refractivity contribution in [2.24, 2.45) is 0 Å². The van der Waals surface area contributed by atoms with Gasteiger partial charge in [0.05, 0.1) is 0 Å². The van der Waals surface area contributed by atoms with Crippen LogP contribution in [0.5, 0.6) is 5.88 Å². The minimum absolute atomic E-state index is 0.0838. The van der Waals surface area contributed by atoms with E-state index in [0.717, 1.165) is 18.4 Å². The van der Waals surface area contributed by atoms with Crippen LogP contribution in [-0.2, 0) is 13.0 Å². The van der Waals surface area contributed by atoms with E-state index >= 15 is 0 Å². The molecule has 1 aromatic heterocycles. The van der Waals surface area contributed by atoms with Gasteiger partial charge in [-0.2, -0.15) is 0 Å². The van der Waals surface area contributed by atoms with Crippen molar-refractivity contribution in [1.82, 2.24) is 4.57 Å². The van der Waals surface area contributed by atoms with Gasteiger partial charge in [0.15, 0.2) is 5.88 Å². The van der Waals surface area contributed by atoms with Crippen molar-refractivity contribution >= 4 is 0 Å². The molecule has 0 atom stereocenters. The molecule has 1 aromatic rings. The van der Waals surface area contributed by atoms with E-state index in [1.807, 2.05) is 6.92 Å². The third-order valence-corrected chi connectivity index (χ3v) is 2.80. The van der Waals surface area contributed by atoms with E-state index in [-0.39, 0.29) is 11.4 Å². The monoisotopic (exact) mass is 223 g/mol. The fraction of sp³-hybridized carbons (Fsp3) is 0.615. The Morgan fingerprint density at radius 2 is 1.94 bits per heavy atom. The molecule has 3 nitrogen and oxygen atoms in total. The van der Waals surface area contributed by atoms with E-state index in [2.05, 4.69) is 6.92 Å². The Hall–Kier alpha value is -1.25. The molecule has 3 heteroatoms. The molecule has 0 radical (unpaired) electrons. The minimum atomic E-state index is -0.104. The van der Waals surface area contributed by atoms with Gasteiger partial charge in [-0.15, -0.1) is 0 Å². The van der Waals surface area contributed by atoms with E-state index in [4.69, 9.17) is 0 Å². The molecule has 0 aliphatic carbocycles. The Morgan fingerprint density at radius 1 is 1.19 bits per heavy atom. The van der Waals surface area contributed by atoms with E-state index in [9.17, 15) is 9.90 Å². The second kappa shape index (κ2) is 6.36. The largest absolute Gasteiger partial charge is 0.494 e. The van der Waals surface area contributed by atoms with Crippen molar-refractivity contribution in [2.75, 3.05) is 0 Å². The molecule has 1 heterocycles. The normalized spacial score (nSPS) is 10.6. The zero-order valence-corrected chi connectivity index (χ0v) is 10.2. The lowest BCUT2D eigenvalue weighted by Gasteiger charge is -2.07. The summed E-state index contributed by atoms with van der Waals surface area (Å²) in [6.45, 7) is 4.54. The van der Waals surface area contributed by atoms with Gasteiger partial charge in [-0.25, -0.2) is 0 Å². The average Bonchev–Trinajstić information content (AvgIpc) is 2.24. The summed E-state index contributed by atoms with van der Waals surface area (Å²) in [5.41, 5.74) is 0.844. The van der Waals surface area contributed by atoms with E-state index in [1.54, 1.807) is 12.1 Å². The molecule has 0 spiro atoms. The number of hydrogen-bond donors (Lipinski definition) is 1. The fourth-order valence-corrected chi connectivity index (χ4v) is 1.85. The topological polar surface area (TPSA) is 42.2 Å². The quantitative estimate of drug-likeness (QED) is 0.753. The molecule has 0 unspecified atom stereocenters. The number of aryl methyl sites for hydroxylation is 1. The van der Waals surface area contributed by atoms with Crippen molar-refractivity contribution in [1.29, 1.82) is 0 Å². The highest BCUT2D eigenvalue weighted by Crippen LogP contribution is 2.12. The molecule has 0 amide bonds. The van der Waals surface area contributed by atoms with Crippen molar-refractivity contribution < 1.29 is 5.11 Å². The molecule has 0 fully saturated rings. The van der Waals surface area contributed by atoms with E-state index in [0.29, 0.717) is 6.54 Å². The Balaban J connectivity index is 2.65. The van der Waals surface area contributed by atoms with Crippen LogP contribution in [0.1, 0.15) is 45.1 Å². The number of pyridine rings is 1. The standard InChI is InChI=1S/C13H21NO2/c1-3-5-6-7-8-11-9-12(15)14(4-2)13(16)10-11/h9-10,15H,3-8H2,1-2H3. The summed E-state index contributed by atoms with van der Waals surface area (Å²) < 4.78 is 1.37. The van der Waals surface area contributed by atoms with Gasteiger partial charge in [0.1, 0.15) is 0 Å². The van der Waals surface area contributed by atoms with Crippen molar-refractivity contribution in [2.45, 2.75) is 52.5 Å². The van der Waals surface area contributed by atoms with Crippen LogP contribution in [-0.4, -0.2) is 9.67 Å². The number of nitrogens with zero attached hydrogens (tertiary/aromatic N) is 1. The summed E-state index contributed by atoms with van der Waals surface area (Å²) in [5, 5.41) is 9.64. The number of unbranched alkanes of at least 4 members (excludes halogenated alkanes) is 3. The first-order valence-electron chi connectivity index (χ1n) is 6.11. The third-order valence-electron chi connectivity index (χ3n) is 2.80. The predicted molar refractivity (Wildman–Crippen MR) is 65.9 cm³/mol. The zero-order chi connectivity index (χ0) is 12.0. The molecule has 0 saturated carbocycles. The predicted octanol–water partition coefficient (Wildman–Crippen LogP) is 2.70. The lowest BCUT2D eigenvalue weighted by molar-refractivity contribution is 0.410. The van der Waals surface area contributed by atoms with E-state index < -0.39 is 0 Å². The zero-order valence-electron chi connectivity index (χ0n) is 10.2. The number of aromatic hydroxyl groups is 1. The van der Waals surface area contributed by atoms with Gasteiger partial charge in [0, 0.05) is 18.7 Å². The average molecular weight is 223 g/mol. The highest BCUT2D eigenvalue weighted by molar-refractivity contribution is 5.21. The van der Waals surface area contributed by atoms with Gasteiger partial charge in [-0.3, -0.25) is 9.36 Å². The number of hydrogen-bond acceptors (Lipinski definition) is 2. The van der Waals surface area contributed by atoms with Crippen LogP contribution >= 0.6 is 0 Å². The van der Waals surface area contributed by atoms with Crippen LogP contribution in [0.4, 0.5) is 0 Å². The first-order valence-corrected chi connectivity index (χ1v) is 6.11. The van der Waals surface area contributed by atoms with Crippen LogP contribution in [0.3, 0.4) is 0 Å². The first kappa shape index (κ1) is 12.8. The van der Waals surface area contributed by atoms with Gasteiger partial charge >= 0.3 is 0 Å². The second-order valence-electron chi connectivity index (χ2n) is 4.11. The molecule has 0 aliphatic heterocycles. The molecule has 1 N–H and O–H groups in total. The molecule has 0 aliphatic rings. The first-order chi connectivity index (χ1) is 7.69. The van der Waals surface area contributed by atoms with E-state index in [1.165, 1.54) is 23.8 Å². The summed E-state index contributed by atoms with van der Waals surface area (Å²) in [4.78, 5) is 11.6. The van der Waals surface area contributed by atoms with Crippen LogP contribution in [0.15, 0.2) is 16.9 Å². The summed E-state index contributed by atoms with van der Waals surface area (Å²) >= 11 is 0. The summed E-state index contributed by atoms with van der Waals surface area (Å²) in [5.74, 6) is 0.0838.